The van der Waals surface area contributed by atoms with Gasteiger partial charge in [0.25, 0.3) is 0 Å². The van der Waals surface area contributed by atoms with Crippen molar-refractivity contribution in [2.24, 2.45) is 0 Å². The number of benzene rings is 2. The number of fused-ring (bicyclic) bond motifs is 2. The Kier molecular flexibility index (Phi) is 6.08. The Hall–Kier alpha value is -2.17. The highest BCUT2D eigenvalue weighted by molar-refractivity contribution is 5.69. The predicted molar refractivity (Wildman–Crippen MR) is 111 cm³/mol. The molecule has 2 aromatic rings. The van der Waals surface area contributed by atoms with Crippen LogP contribution in [0, 0.1) is 0 Å². The van der Waals surface area contributed by atoms with E-state index in [2.05, 4.69) is 58.3 Å². The maximum Gasteiger partial charge on any atom is 0.307 e. The molecule has 4 heteroatoms. The van der Waals surface area contributed by atoms with Gasteiger partial charge in [-0.2, -0.15) is 0 Å². The highest BCUT2D eigenvalue weighted by Crippen LogP contribution is 2.37. The molecule has 148 valence electrons. The van der Waals surface area contributed by atoms with Crippen LogP contribution in [0.15, 0.2) is 48.5 Å². The number of rotatable bonds is 5. The summed E-state index contributed by atoms with van der Waals surface area (Å²) < 4.78 is 5.07. The molecule has 0 aromatic heterocycles. The van der Waals surface area contributed by atoms with E-state index in [1.165, 1.54) is 22.3 Å². The number of carbonyl (C=O) groups excluding carboxylic acids is 1. The van der Waals surface area contributed by atoms with E-state index in [1.807, 2.05) is 6.92 Å². The summed E-state index contributed by atoms with van der Waals surface area (Å²) in [7, 11) is 0. The van der Waals surface area contributed by atoms with Gasteiger partial charge in [-0.15, -0.1) is 0 Å². The van der Waals surface area contributed by atoms with Crippen LogP contribution in [0.2, 0.25) is 0 Å². The molecule has 4 nitrogen and oxygen atoms in total. The van der Waals surface area contributed by atoms with E-state index < -0.39 is 0 Å². The summed E-state index contributed by atoms with van der Waals surface area (Å²) in [6.45, 7) is 7.17. The first-order valence-electron chi connectivity index (χ1n) is 10.5. The second-order valence-electron chi connectivity index (χ2n) is 7.73. The Morgan fingerprint density at radius 2 is 1.50 bits per heavy atom. The Labute approximate surface area is 168 Å². The van der Waals surface area contributed by atoms with Crippen molar-refractivity contribution in [2.75, 3.05) is 39.3 Å². The average molecular weight is 379 g/mol. The SMILES string of the molecule is CCOC(=O)CCN1CCN(C2c3ccccc3CCc3ccccc32)CC1. The van der Waals surface area contributed by atoms with Crippen LogP contribution in [-0.4, -0.2) is 55.1 Å². The molecule has 28 heavy (non-hydrogen) atoms. The molecule has 1 saturated heterocycles. The number of carbonyl (C=O) groups is 1. The van der Waals surface area contributed by atoms with Gasteiger partial charge in [0.05, 0.1) is 19.1 Å². The molecule has 1 aliphatic carbocycles. The summed E-state index contributed by atoms with van der Waals surface area (Å²) in [5.74, 6) is -0.0865. The Morgan fingerprint density at radius 1 is 0.929 bits per heavy atom. The first-order valence-corrected chi connectivity index (χ1v) is 10.5. The van der Waals surface area contributed by atoms with E-state index in [-0.39, 0.29) is 5.97 Å². The molecule has 0 atom stereocenters. The van der Waals surface area contributed by atoms with Crippen molar-refractivity contribution in [3.63, 3.8) is 0 Å². The van der Waals surface area contributed by atoms with Crippen LogP contribution in [-0.2, 0) is 22.4 Å². The zero-order chi connectivity index (χ0) is 19.3. The lowest BCUT2D eigenvalue weighted by atomic mass is 9.92. The van der Waals surface area contributed by atoms with Crippen LogP contribution in [0.3, 0.4) is 0 Å². The van der Waals surface area contributed by atoms with Gasteiger partial charge in [-0.3, -0.25) is 9.69 Å². The van der Waals surface area contributed by atoms with Crippen molar-refractivity contribution in [3.05, 3.63) is 70.8 Å². The Bertz CT molecular complexity index is 764. The molecule has 1 heterocycles. The fraction of sp³-hybridized carbons (Fsp3) is 0.458. The smallest absolute Gasteiger partial charge is 0.307 e. The fourth-order valence-electron chi connectivity index (χ4n) is 4.62. The maximum atomic E-state index is 11.7. The lowest BCUT2D eigenvalue weighted by Crippen LogP contribution is -2.48. The Morgan fingerprint density at radius 3 is 2.07 bits per heavy atom. The summed E-state index contributed by atoms with van der Waals surface area (Å²) >= 11 is 0. The maximum absolute atomic E-state index is 11.7. The minimum atomic E-state index is -0.0865. The lowest BCUT2D eigenvalue weighted by molar-refractivity contribution is -0.143. The number of esters is 1. The van der Waals surface area contributed by atoms with Gasteiger partial charge in [0.15, 0.2) is 0 Å². The first-order chi connectivity index (χ1) is 13.8. The minimum absolute atomic E-state index is 0.0865. The van der Waals surface area contributed by atoms with Crippen LogP contribution in [0.4, 0.5) is 0 Å². The Balaban J connectivity index is 1.50. The standard InChI is InChI=1S/C24H30N2O2/c1-2-28-23(27)13-14-25-15-17-26(18-16-25)24-21-9-5-3-7-19(21)11-12-20-8-4-6-10-22(20)24/h3-10,24H,2,11-18H2,1H3. The summed E-state index contributed by atoms with van der Waals surface area (Å²) in [6.07, 6.45) is 2.72. The second-order valence-corrected chi connectivity index (χ2v) is 7.73. The minimum Gasteiger partial charge on any atom is -0.466 e. The van der Waals surface area contributed by atoms with Gasteiger partial charge in [0, 0.05) is 32.7 Å². The van der Waals surface area contributed by atoms with Gasteiger partial charge in [-0.05, 0) is 42.0 Å². The van der Waals surface area contributed by atoms with Crippen molar-refractivity contribution in [2.45, 2.75) is 32.2 Å². The topological polar surface area (TPSA) is 32.8 Å². The van der Waals surface area contributed by atoms with Gasteiger partial charge in [-0.1, -0.05) is 48.5 Å². The first kappa shape index (κ1) is 19.2. The molecule has 1 fully saturated rings. The van der Waals surface area contributed by atoms with Crippen LogP contribution in [0.1, 0.15) is 41.6 Å². The summed E-state index contributed by atoms with van der Waals surface area (Å²) in [4.78, 5) is 16.7. The van der Waals surface area contributed by atoms with Gasteiger partial charge < -0.3 is 9.64 Å². The second kappa shape index (κ2) is 8.89. The quantitative estimate of drug-likeness (QED) is 0.746. The highest BCUT2D eigenvalue weighted by Gasteiger charge is 2.30. The number of ether oxygens (including phenoxy) is 1. The van der Waals surface area contributed by atoms with Crippen LogP contribution >= 0.6 is 0 Å². The summed E-state index contributed by atoms with van der Waals surface area (Å²) in [5.41, 5.74) is 5.89. The summed E-state index contributed by atoms with van der Waals surface area (Å²) in [6, 6.07) is 18.2. The third-order valence-corrected chi connectivity index (χ3v) is 6.07. The number of hydrogen-bond donors (Lipinski definition) is 0. The predicted octanol–water partition coefficient (Wildman–Crippen LogP) is 3.45. The number of hydrogen-bond acceptors (Lipinski definition) is 4. The molecule has 0 bridgehead atoms. The lowest BCUT2D eigenvalue weighted by Gasteiger charge is -2.40. The van der Waals surface area contributed by atoms with Gasteiger partial charge in [0.2, 0.25) is 0 Å². The van der Waals surface area contributed by atoms with E-state index >= 15 is 0 Å². The van der Waals surface area contributed by atoms with Crippen molar-refractivity contribution in [1.29, 1.82) is 0 Å². The van der Waals surface area contributed by atoms with Gasteiger partial charge in [-0.25, -0.2) is 0 Å². The van der Waals surface area contributed by atoms with Crippen molar-refractivity contribution >= 4 is 5.97 Å². The van der Waals surface area contributed by atoms with Gasteiger partial charge in [0.1, 0.15) is 0 Å². The molecule has 2 aromatic carbocycles. The molecular weight excluding hydrogens is 348 g/mol. The number of aryl methyl sites for hydroxylation is 2. The van der Waals surface area contributed by atoms with Crippen LogP contribution in [0.25, 0.3) is 0 Å². The molecule has 0 amide bonds. The van der Waals surface area contributed by atoms with Gasteiger partial charge >= 0.3 is 5.97 Å². The largest absolute Gasteiger partial charge is 0.466 e. The molecule has 0 spiro atoms. The highest BCUT2D eigenvalue weighted by atomic mass is 16.5. The third-order valence-electron chi connectivity index (χ3n) is 6.07. The molecular formula is C24H30N2O2. The fourth-order valence-corrected chi connectivity index (χ4v) is 4.62. The van der Waals surface area contributed by atoms with E-state index in [1.54, 1.807) is 0 Å². The normalized spacial score (nSPS) is 18.2. The van der Waals surface area contributed by atoms with Crippen molar-refractivity contribution in [1.82, 2.24) is 9.80 Å². The van der Waals surface area contributed by atoms with E-state index in [9.17, 15) is 4.79 Å². The molecule has 0 N–H and O–H groups in total. The molecule has 0 unspecified atom stereocenters. The number of nitrogens with zero attached hydrogens (tertiary/aromatic N) is 2. The van der Waals surface area contributed by atoms with Crippen LogP contribution < -0.4 is 0 Å². The average Bonchev–Trinajstić information content (AvgIpc) is 2.90. The molecule has 1 aliphatic heterocycles. The van der Waals surface area contributed by atoms with Crippen molar-refractivity contribution < 1.29 is 9.53 Å². The van der Waals surface area contributed by atoms with Crippen molar-refractivity contribution in [3.8, 4) is 0 Å². The zero-order valence-corrected chi connectivity index (χ0v) is 16.8. The van der Waals surface area contributed by atoms with E-state index in [0.29, 0.717) is 19.1 Å². The number of piperazine rings is 1. The molecule has 0 radical (unpaired) electrons. The molecule has 0 saturated carbocycles. The van der Waals surface area contributed by atoms with E-state index in [4.69, 9.17) is 4.74 Å². The molecule has 4 rings (SSSR count). The van der Waals surface area contributed by atoms with E-state index in [0.717, 1.165) is 45.6 Å². The summed E-state index contributed by atoms with van der Waals surface area (Å²) in [5, 5.41) is 0. The zero-order valence-electron chi connectivity index (χ0n) is 16.8. The monoisotopic (exact) mass is 378 g/mol. The van der Waals surface area contributed by atoms with Crippen LogP contribution in [0.5, 0.6) is 0 Å². The third kappa shape index (κ3) is 4.13. The molecule has 2 aliphatic rings.